The van der Waals surface area contributed by atoms with Gasteiger partial charge in [-0.05, 0) is 62.8 Å². The molecule has 11 heteroatoms. The van der Waals surface area contributed by atoms with Gasteiger partial charge in [0.25, 0.3) is 5.91 Å². The second-order valence-corrected chi connectivity index (χ2v) is 10.0. The highest BCUT2D eigenvalue weighted by Gasteiger charge is 2.35. The molecule has 2 saturated heterocycles. The smallest absolute Gasteiger partial charge is 0.347 e. The summed E-state index contributed by atoms with van der Waals surface area (Å²) in [6.07, 6.45) is 8.14. The van der Waals surface area contributed by atoms with E-state index in [2.05, 4.69) is 21.9 Å². The zero-order valence-corrected chi connectivity index (χ0v) is 24.3. The van der Waals surface area contributed by atoms with E-state index in [-0.39, 0.29) is 43.3 Å². The van der Waals surface area contributed by atoms with Crippen LogP contribution in [-0.4, -0.2) is 90.7 Å². The van der Waals surface area contributed by atoms with E-state index in [4.69, 9.17) is 16.0 Å². The summed E-state index contributed by atoms with van der Waals surface area (Å²) in [5.74, 6) is 0.981. The molecule has 0 spiro atoms. The van der Waals surface area contributed by atoms with Crippen LogP contribution in [0, 0.1) is 0 Å². The van der Waals surface area contributed by atoms with Gasteiger partial charge in [0.1, 0.15) is 18.1 Å². The predicted molar refractivity (Wildman–Crippen MR) is 157 cm³/mol. The van der Waals surface area contributed by atoms with Gasteiger partial charge in [-0.3, -0.25) is 9.69 Å². The zero-order valence-electron chi connectivity index (χ0n) is 21.9. The lowest BCUT2D eigenvalue weighted by Crippen LogP contribution is -2.44. The lowest BCUT2D eigenvalue weighted by Gasteiger charge is -2.32. The maximum Gasteiger partial charge on any atom is 0.347 e. The number of benzene rings is 1. The van der Waals surface area contributed by atoms with Crippen LogP contribution >= 0.6 is 36.4 Å². The summed E-state index contributed by atoms with van der Waals surface area (Å²) in [6, 6.07) is 10.6. The zero-order chi connectivity index (χ0) is 25.3. The van der Waals surface area contributed by atoms with Gasteiger partial charge in [0.05, 0.1) is 6.21 Å². The molecule has 210 valence electrons. The Morgan fingerprint density at radius 3 is 2.18 bits per heavy atom. The van der Waals surface area contributed by atoms with Crippen molar-refractivity contribution in [3.8, 4) is 11.3 Å². The van der Waals surface area contributed by atoms with Crippen LogP contribution in [0.25, 0.3) is 11.3 Å². The van der Waals surface area contributed by atoms with Crippen LogP contribution in [0.2, 0.25) is 5.02 Å². The monoisotopic (exact) mass is 585 g/mol. The summed E-state index contributed by atoms with van der Waals surface area (Å²) in [4.78, 5) is 31.2. The van der Waals surface area contributed by atoms with Crippen molar-refractivity contribution >= 4 is 54.6 Å². The molecule has 0 N–H and O–H groups in total. The molecule has 0 atom stereocenters. The van der Waals surface area contributed by atoms with Gasteiger partial charge in [0.15, 0.2) is 0 Å². The topological polar surface area (TPSA) is 72.6 Å². The number of carbonyl (C=O) groups is 2. The number of imide groups is 1. The van der Waals surface area contributed by atoms with Crippen LogP contribution in [0.5, 0.6) is 0 Å². The third-order valence-electron chi connectivity index (χ3n) is 6.82. The highest BCUT2D eigenvalue weighted by Crippen LogP contribution is 2.23. The van der Waals surface area contributed by atoms with Gasteiger partial charge in [0, 0.05) is 43.3 Å². The highest BCUT2D eigenvalue weighted by molar-refractivity contribution is 6.30. The molecule has 8 nitrogen and oxygen atoms in total. The minimum Gasteiger partial charge on any atom is -0.455 e. The molecule has 1 aromatic heterocycles. The summed E-state index contributed by atoms with van der Waals surface area (Å²) in [6.45, 7) is 6.32. The average Bonchev–Trinajstić information content (AvgIpc) is 3.45. The van der Waals surface area contributed by atoms with E-state index in [1.165, 1.54) is 68.1 Å². The van der Waals surface area contributed by atoms with Crippen LogP contribution in [0.3, 0.4) is 0 Å². The summed E-state index contributed by atoms with van der Waals surface area (Å²) in [5, 5.41) is 6.05. The fraction of sp³-hybridized carbons (Fsp3) is 0.519. The van der Waals surface area contributed by atoms with Crippen molar-refractivity contribution in [1.29, 1.82) is 0 Å². The van der Waals surface area contributed by atoms with E-state index in [1.807, 2.05) is 18.2 Å². The number of piperazine rings is 1. The highest BCUT2D eigenvalue weighted by atomic mass is 35.5. The molecular formula is C27H38Cl3N5O3. The number of rotatable bonds is 12. The van der Waals surface area contributed by atoms with Crippen molar-refractivity contribution in [1.82, 2.24) is 19.7 Å². The maximum atomic E-state index is 12.6. The molecule has 1 aromatic carbocycles. The van der Waals surface area contributed by atoms with Crippen molar-refractivity contribution in [3.63, 3.8) is 0 Å². The van der Waals surface area contributed by atoms with Crippen molar-refractivity contribution in [3.05, 3.63) is 47.2 Å². The number of unbranched alkanes of at least 4 members (excludes halogenated alkanes) is 5. The Hall–Kier alpha value is -2.10. The Kier molecular flexibility index (Phi) is 13.6. The van der Waals surface area contributed by atoms with Crippen LogP contribution in [0.4, 0.5) is 4.79 Å². The van der Waals surface area contributed by atoms with Crippen LogP contribution < -0.4 is 0 Å². The minimum atomic E-state index is -0.368. The summed E-state index contributed by atoms with van der Waals surface area (Å²) in [5.41, 5.74) is 0.896. The standard InChI is InChI=1S/C27H36ClN5O3.2ClH/c1-30-16-18-31(19-17-30)14-6-4-2-3-5-7-15-32-26(34)21-33(27(32)35)29-20-24-12-13-25(36-24)22-8-10-23(28)11-9-22;;/h8-13,20H,2-7,14-19,21H2,1H3;2*1H. The molecule has 3 amide bonds. The molecule has 0 saturated carbocycles. The van der Waals surface area contributed by atoms with Crippen LogP contribution in [-0.2, 0) is 4.79 Å². The van der Waals surface area contributed by atoms with Crippen molar-refractivity contribution in [2.75, 3.05) is 52.9 Å². The number of nitrogens with zero attached hydrogens (tertiary/aromatic N) is 5. The molecule has 0 aliphatic carbocycles. The van der Waals surface area contributed by atoms with Crippen molar-refractivity contribution < 1.29 is 14.0 Å². The predicted octanol–water partition coefficient (Wildman–Crippen LogP) is 5.63. The molecule has 4 rings (SSSR count). The van der Waals surface area contributed by atoms with Gasteiger partial charge in [-0.2, -0.15) is 5.10 Å². The first kappa shape index (κ1) is 32.1. The summed E-state index contributed by atoms with van der Waals surface area (Å²) in [7, 11) is 2.19. The van der Waals surface area contributed by atoms with Gasteiger partial charge < -0.3 is 14.2 Å². The minimum absolute atomic E-state index is 0. The number of likely N-dealkylation sites (N-methyl/N-ethyl adjacent to an activating group) is 1. The van der Waals surface area contributed by atoms with E-state index in [9.17, 15) is 9.59 Å². The number of hydrogen-bond donors (Lipinski definition) is 0. The van der Waals surface area contributed by atoms with E-state index >= 15 is 0 Å². The maximum absolute atomic E-state index is 12.6. The van der Waals surface area contributed by atoms with Crippen LogP contribution in [0.1, 0.15) is 44.3 Å². The van der Waals surface area contributed by atoms with Crippen molar-refractivity contribution in [2.24, 2.45) is 5.10 Å². The third kappa shape index (κ3) is 9.27. The first-order chi connectivity index (χ1) is 17.5. The Bertz CT molecular complexity index is 1040. The Morgan fingerprint density at radius 1 is 0.868 bits per heavy atom. The molecule has 0 unspecified atom stereocenters. The Morgan fingerprint density at radius 2 is 1.50 bits per heavy atom. The second-order valence-electron chi connectivity index (χ2n) is 9.61. The molecule has 0 radical (unpaired) electrons. The number of furan rings is 1. The lowest BCUT2D eigenvalue weighted by molar-refractivity contribution is -0.125. The molecule has 3 heterocycles. The van der Waals surface area contributed by atoms with Gasteiger partial charge in [-0.1, -0.05) is 37.3 Å². The molecule has 2 aromatic rings. The fourth-order valence-corrected chi connectivity index (χ4v) is 4.67. The molecule has 2 aliphatic rings. The largest absolute Gasteiger partial charge is 0.455 e. The number of urea groups is 1. The SMILES string of the molecule is CN1CCN(CCCCCCCCN2C(=O)CN(N=Cc3ccc(-c4ccc(Cl)cc4)o3)C2=O)CC1.Cl.Cl. The van der Waals surface area contributed by atoms with Crippen LogP contribution in [0.15, 0.2) is 45.9 Å². The van der Waals surface area contributed by atoms with E-state index in [0.29, 0.717) is 23.1 Å². The van der Waals surface area contributed by atoms with Gasteiger partial charge >= 0.3 is 6.03 Å². The quantitative estimate of drug-likeness (QED) is 0.183. The number of halogens is 3. The first-order valence-electron chi connectivity index (χ1n) is 12.9. The Balaban J connectivity index is 0.00000253. The van der Waals surface area contributed by atoms with E-state index in [0.717, 1.165) is 24.8 Å². The molecule has 2 fully saturated rings. The number of hydrazone groups is 1. The third-order valence-corrected chi connectivity index (χ3v) is 7.07. The van der Waals surface area contributed by atoms with Gasteiger partial charge in [-0.15, -0.1) is 24.8 Å². The number of hydrogen-bond acceptors (Lipinski definition) is 6. The second kappa shape index (κ2) is 16.1. The summed E-state index contributed by atoms with van der Waals surface area (Å²) < 4.78 is 5.78. The summed E-state index contributed by atoms with van der Waals surface area (Å²) >= 11 is 5.93. The lowest BCUT2D eigenvalue weighted by atomic mass is 10.1. The average molecular weight is 587 g/mol. The molecule has 0 bridgehead atoms. The van der Waals surface area contributed by atoms with Crippen molar-refractivity contribution in [2.45, 2.75) is 38.5 Å². The Labute approximate surface area is 242 Å². The number of amides is 3. The fourth-order valence-electron chi connectivity index (χ4n) is 4.54. The first-order valence-corrected chi connectivity index (χ1v) is 13.3. The van der Waals surface area contributed by atoms with Gasteiger partial charge in [-0.25, -0.2) is 9.80 Å². The van der Waals surface area contributed by atoms with E-state index in [1.54, 1.807) is 18.2 Å². The normalized spacial score (nSPS) is 16.8. The van der Waals surface area contributed by atoms with E-state index < -0.39 is 0 Å². The van der Waals surface area contributed by atoms with Gasteiger partial charge in [0.2, 0.25) is 0 Å². The molecular weight excluding hydrogens is 549 g/mol. The molecule has 38 heavy (non-hydrogen) atoms. The molecule has 2 aliphatic heterocycles. The number of carbonyl (C=O) groups excluding carboxylic acids is 2.